The van der Waals surface area contributed by atoms with E-state index in [0.717, 1.165) is 20.8 Å². The molecule has 0 spiro atoms. The standard InChI is InChI=1S/C21H17FN2O3S3/c1-2-24-20(25)17-15(16-4-3-5-28-16)10-29-19(17)23-21(24)30-9-13-7-14(22)6-12-8-26-11-27-18(12)13/h3-7,10H,2,8-9,11H2,1H3. The molecule has 0 N–H and O–H groups in total. The predicted octanol–water partition coefficient (Wildman–Crippen LogP) is 5.50. The molecule has 4 heterocycles. The van der Waals surface area contributed by atoms with Crippen molar-refractivity contribution in [2.24, 2.45) is 0 Å². The number of nitrogens with zero attached hydrogens (tertiary/aromatic N) is 2. The third kappa shape index (κ3) is 3.45. The predicted molar refractivity (Wildman–Crippen MR) is 119 cm³/mol. The highest BCUT2D eigenvalue weighted by molar-refractivity contribution is 7.98. The van der Waals surface area contributed by atoms with Gasteiger partial charge in [-0.2, -0.15) is 0 Å². The van der Waals surface area contributed by atoms with E-state index in [1.54, 1.807) is 15.9 Å². The van der Waals surface area contributed by atoms with E-state index in [2.05, 4.69) is 0 Å². The lowest BCUT2D eigenvalue weighted by molar-refractivity contribution is -0.0171. The van der Waals surface area contributed by atoms with E-state index >= 15 is 0 Å². The summed E-state index contributed by atoms with van der Waals surface area (Å²) in [4.78, 5) is 19.8. The first kappa shape index (κ1) is 19.7. The molecule has 0 unspecified atom stereocenters. The summed E-state index contributed by atoms with van der Waals surface area (Å²) in [6, 6.07) is 6.91. The summed E-state index contributed by atoms with van der Waals surface area (Å²) >= 11 is 4.50. The van der Waals surface area contributed by atoms with Crippen LogP contribution in [0.3, 0.4) is 0 Å². The first-order valence-electron chi connectivity index (χ1n) is 9.36. The van der Waals surface area contributed by atoms with Gasteiger partial charge in [0.1, 0.15) is 16.4 Å². The Hall–Kier alpha value is -2.20. The van der Waals surface area contributed by atoms with Crippen molar-refractivity contribution in [1.29, 1.82) is 0 Å². The van der Waals surface area contributed by atoms with Crippen molar-refractivity contribution in [3.63, 3.8) is 0 Å². The smallest absolute Gasteiger partial charge is 0.263 e. The molecular weight excluding hydrogens is 443 g/mol. The summed E-state index contributed by atoms with van der Waals surface area (Å²) in [6.45, 7) is 2.92. The average molecular weight is 461 g/mol. The largest absolute Gasteiger partial charge is 0.467 e. The third-order valence-corrected chi connectivity index (χ3v) is 7.67. The molecule has 9 heteroatoms. The molecule has 5 nitrogen and oxygen atoms in total. The number of aromatic nitrogens is 2. The molecule has 0 saturated heterocycles. The topological polar surface area (TPSA) is 53.4 Å². The van der Waals surface area contributed by atoms with Gasteiger partial charge in [-0.15, -0.1) is 22.7 Å². The van der Waals surface area contributed by atoms with Crippen molar-refractivity contribution in [1.82, 2.24) is 9.55 Å². The number of thioether (sulfide) groups is 1. The molecule has 0 amide bonds. The molecule has 1 aliphatic heterocycles. The van der Waals surface area contributed by atoms with Crippen LogP contribution in [0.1, 0.15) is 18.1 Å². The minimum atomic E-state index is -0.325. The monoisotopic (exact) mass is 460 g/mol. The van der Waals surface area contributed by atoms with E-state index in [4.69, 9.17) is 14.5 Å². The first-order valence-corrected chi connectivity index (χ1v) is 12.1. The number of ether oxygens (including phenoxy) is 2. The number of hydrogen-bond donors (Lipinski definition) is 0. The van der Waals surface area contributed by atoms with Crippen LogP contribution in [-0.2, 0) is 23.6 Å². The Bertz CT molecular complexity index is 1280. The Morgan fingerprint density at radius 2 is 2.23 bits per heavy atom. The molecule has 0 atom stereocenters. The van der Waals surface area contributed by atoms with Gasteiger partial charge in [0, 0.05) is 39.2 Å². The van der Waals surface area contributed by atoms with Crippen molar-refractivity contribution in [2.45, 2.75) is 31.0 Å². The molecule has 5 rings (SSSR count). The van der Waals surface area contributed by atoms with Crippen molar-refractivity contribution in [3.8, 4) is 16.2 Å². The lowest BCUT2D eigenvalue weighted by Crippen LogP contribution is -2.22. The molecule has 0 aliphatic carbocycles. The van der Waals surface area contributed by atoms with E-state index < -0.39 is 0 Å². The molecular formula is C21H17FN2O3S3. The second kappa shape index (κ2) is 8.14. The molecule has 1 aliphatic rings. The van der Waals surface area contributed by atoms with Crippen LogP contribution in [0.2, 0.25) is 0 Å². The minimum absolute atomic E-state index is 0.0411. The highest BCUT2D eigenvalue weighted by Gasteiger charge is 2.20. The van der Waals surface area contributed by atoms with Crippen LogP contribution < -0.4 is 10.3 Å². The van der Waals surface area contributed by atoms with Crippen LogP contribution in [0, 0.1) is 5.82 Å². The summed E-state index contributed by atoms with van der Waals surface area (Å²) in [6.07, 6.45) is 0. The van der Waals surface area contributed by atoms with Crippen LogP contribution in [0.25, 0.3) is 20.7 Å². The fourth-order valence-corrected chi connectivity index (χ4v) is 6.35. The maximum absolute atomic E-state index is 14.0. The van der Waals surface area contributed by atoms with Crippen molar-refractivity contribution in [3.05, 3.63) is 62.3 Å². The summed E-state index contributed by atoms with van der Waals surface area (Å²) in [5.41, 5.74) is 2.34. The molecule has 3 aromatic heterocycles. The van der Waals surface area contributed by atoms with Gasteiger partial charge in [-0.05, 0) is 30.5 Å². The van der Waals surface area contributed by atoms with Gasteiger partial charge in [-0.1, -0.05) is 17.8 Å². The van der Waals surface area contributed by atoms with Gasteiger partial charge in [0.2, 0.25) is 0 Å². The summed E-state index contributed by atoms with van der Waals surface area (Å²) < 4.78 is 26.6. The average Bonchev–Trinajstić information content (AvgIpc) is 3.41. The van der Waals surface area contributed by atoms with E-state index in [1.807, 2.05) is 29.8 Å². The Morgan fingerprint density at radius 3 is 3.03 bits per heavy atom. The van der Waals surface area contributed by atoms with Crippen LogP contribution in [0.15, 0.2) is 45.0 Å². The summed E-state index contributed by atoms with van der Waals surface area (Å²) in [5.74, 6) is 0.785. The van der Waals surface area contributed by atoms with Gasteiger partial charge in [-0.25, -0.2) is 9.37 Å². The summed E-state index contributed by atoms with van der Waals surface area (Å²) in [7, 11) is 0. The molecule has 0 fully saturated rings. The quantitative estimate of drug-likeness (QED) is 0.291. The Morgan fingerprint density at radius 1 is 1.33 bits per heavy atom. The zero-order valence-corrected chi connectivity index (χ0v) is 18.5. The normalized spacial score (nSPS) is 13.4. The number of rotatable bonds is 5. The van der Waals surface area contributed by atoms with Gasteiger partial charge in [0.25, 0.3) is 5.56 Å². The van der Waals surface area contributed by atoms with E-state index in [9.17, 15) is 9.18 Å². The number of benzene rings is 1. The van der Waals surface area contributed by atoms with Gasteiger partial charge < -0.3 is 9.47 Å². The zero-order chi connectivity index (χ0) is 20.7. The van der Waals surface area contributed by atoms with Crippen LogP contribution in [-0.4, -0.2) is 16.3 Å². The Balaban J connectivity index is 1.53. The SMILES string of the molecule is CCn1c(SCc2cc(F)cc3c2OCOC3)nc2scc(-c3cccs3)c2c1=O. The molecule has 0 saturated carbocycles. The van der Waals surface area contributed by atoms with Crippen molar-refractivity contribution < 1.29 is 13.9 Å². The number of hydrogen-bond acceptors (Lipinski definition) is 7. The maximum Gasteiger partial charge on any atom is 0.263 e. The molecule has 30 heavy (non-hydrogen) atoms. The third-order valence-electron chi connectivity index (χ3n) is 4.87. The Kier molecular flexibility index (Phi) is 5.36. The highest BCUT2D eigenvalue weighted by Crippen LogP contribution is 2.36. The second-order valence-corrected chi connectivity index (χ2v) is 9.45. The van der Waals surface area contributed by atoms with Gasteiger partial charge in [-0.3, -0.25) is 9.36 Å². The zero-order valence-electron chi connectivity index (χ0n) is 16.0. The number of thiophene rings is 2. The highest BCUT2D eigenvalue weighted by atomic mass is 32.2. The van der Waals surface area contributed by atoms with Gasteiger partial charge >= 0.3 is 0 Å². The maximum atomic E-state index is 14.0. The molecule has 0 bridgehead atoms. The molecule has 0 radical (unpaired) electrons. The molecule has 154 valence electrons. The first-order chi connectivity index (χ1) is 14.7. The van der Waals surface area contributed by atoms with Crippen LogP contribution >= 0.6 is 34.4 Å². The van der Waals surface area contributed by atoms with Crippen LogP contribution in [0.4, 0.5) is 4.39 Å². The van der Waals surface area contributed by atoms with Gasteiger partial charge in [0.05, 0.1) is 12.0 Å². The van der Waals surface area contributed by atoms with Gasteiger partial charge in [0.15, 0.2) is 11.9 Å². The lowest BCUT2D eigenvalue weighted by atomic mass is 10.1. The molecule has 1 aromatic carbocycles. The van der Waals surface area contributed by atoms with E-state index in [1.165, 1.54) is 35.2 Å². The fraction of sp³-hybridized carbons (Fsp3) is 0.238. The summed E-state index contributed by atoms with van der Waals surface area (Å²) in [5, 5.41) is 5.29. The van der Waals surface area contributed by atoms with Crippen molar-refractivity contribution in [2.75, 3.05) is 6.79 Å². The lowest BCUT2D eigenvalue weighted by Gasteiger charge is -2.21. The second-order valence-electron chi connectivity index (χ2n) is 6.70. The molecule has 4 aromatic rings. The Labute approximate surface area is 184 Å². The van der Waals surface area contributed by atoms with E-state index in [0.29, 0.717) is 40.8 Å². The fourth-order valence-electron chi connectivity index (χ4n) is 3.51. The number of fused-ring (bicyclic) bond motifs is 2. The van der Waals surface area contributed by atoms with E-state index in [-0.39, 0.29) is 18.2 Å². The van der Waals surface area contributed by atoms with Crippen LogP contribution in [0.5, 0.6) is 5.75 Å². The van der Waals surface area contributed by atoms with Crippen molar-refractivity contribution >= 4 is 44.7 Å². The minimum Gasteiger partial charge on any atom is -0.467 e. The number of halogens is 1.